The van der Waals surface area contributed by atoms with E-state index in [0.29, 0.717) is 13.0 Å². The molecule has 0 aromatic carbocycles. The number of nitrogens with two attached hydrogens (primary N) is 1. The molecule has 0 fully saturated rings. The Morgan fingerprint density at radius 2 is 2.24 bits per heavy atom. The van der Waals surface area contributed by atoms with Gasteiger partial charge >= 0.3 is 0 Å². The third-order valence-corrected chi connectivity index (χ3v) is 5.10. The lowest BCUT2D eigenvalue weighted by Gasteiger charge is -2.23. The van der Waals surface area contributed by atoms with Gasteiger partial charge < -0.3 is 10.9 Å². The van der Waals surface area contributed by atoms with Crippen molar-refractivity contribution in [1.82, 2.24) is 9.29 Å². The second-order valence-corrected chi connectivity index (χ2v) is 6.85. The molecule has 1 unspecified atom stereocenters. The van der Waals surface area contributed by atoms with Crippen molar-refractivity contribution < 1.29 is 13.6 Å². The van der Waals surface area contributed by atoms with E-state index in [1.54, 1.807) is 32.2 Å². The first-order valence-corrected chi connectivity index (χ1v) is 8.36. The van der Waals surface area contributed by atoms with E-state index < -0.39 is 10.0 Å². The van der Waals surface area contributed by atoms with Crippen LogP contribution in [0.3, 0.4) is 0 Å². The molecule has 1 aromatic heterocycles. The zero-order chi connectivity index (χ0) is 15.9. The van der Waals surface area contributed by atoms with Gasteiger partial charge in [0, 0.05) is 37.3 Å². The number of amidine groups is 1. The number of aryl methyl sites for hydroxylation is 1. The summed E-state index contributed by atoms with van der Waals surface area (Å²) in [6, 6.07) is 5.41. The highest BCUT2D eigenvalue weighted by atomic mass is 32.2. The molecule has 0 radical (unpaired) electrons. The molecule has 0 saturated carbocycles. The highest BCUT2D eigenvalue weighted by molar-refractivity contribution is 7.89. The Kier molecular flexibility index (Phi) is 6.57. The number of pyridine rings is 1. The molecule has 0 spiro atoms. The first-order chi connectivity index (χ1) is 9.90. The Bertz CT molecular complexity index is 560. The quantitative estimate of drug-likeness (QED) is 0.317. The molecule has 3 N–H and O–H groups in total. The largest absolute Gasteiger partial charge is 0.409 e. The minimum Gasteiger partial charge on any atom is -0.409 e. The maximum absolute atomic E-state index is 12.3. The molecule has 0 aliphatic heterocycles. The predicted molar refractivity (Wildman–Crippen MR) is 81.5 cm³/mol. The number of rotatable bonds is 8. The van der Waals surface area contributed by atoms with Crippen molar-refractivity contribution in [3.63, 3.8) is 0 Å². The highest BCUT2D eigenvalue weighted by Gasteiger charge is 2.23. The third-order valence-electron chi connectivity index (χ3n) is 3.19. The van der Waals surface area contributed by atoms with Crippen LogP contribution in [0.4, 0.5) is 0 Å². The second-order valence-electron chi connectivity index (χ2n) is 4.76. The molecule has 21 heavy (non-hydrogen) atoms. The Labute approximate surface area is 125 Å². The smallest absolute Gasteiger partial charge is 0.214 e. The van der Waals surface area contributed by atoms with Crippen LogP contribution in [0.25, 0.3) is 0 Å². The number of sulfonamides is 1. The van der Waals surface area contributed by atoms with Gasteiger partial charge in [0.05, 0.1) is 5.75 Å². The summed E-state index contributed by atoms with van der Waals surface area (Å²) in [5, 5.41) is 11.5. The van der Waals surface area contributed by atoms with Crippen LogP contribution < -0.4 is 5.73 Å². The zero-order valence-electron chi connectivity index (χ0n) is 12.3. The summed E-state index contributed by atoms with van der Waals surface area (Å²) in [4.78, 5) is 4.11. The summed E-state index contributed by atoms with van der Waals surface area (Å²) in [5.74, 6) is -0.339. The third kappa shape index (κ3) is 5.31. The van der Waals surface area contributed by atoms with E-state index in [2.05, 4.69) is 10.1 Å². The molecular weight excluding hydrogens is 292 g/mol. The van der Waals surface area contributed by atoms with Crippen LogP contribution in [0.5, 0.6) is 0 Å². The number of aromatic nitrogens is 1. The topological polar surface area (TPSA) is 109 Å². The average molecular weight is 314 g/mol. The van der Waals surface area contributed by atoms with Crippen molar-refractivity contribution in [2.24, 2.45) is 16.8 Å². The van der Waals surface area contributed by atoms with E-state index in [1.165, 1.54) is 4.31 Å². The van der Waals surface area contributed by atoms with Gasteiger partial charge in [-0.3, -0.25) is 4.98 Å². The van der Waals surface area contributed by atoms with Crippen molar-refractivity contribution in [1.29, 1.82) is 0 Å². The van der Waals surface area contributed by atoms with Gasteiger partial charge in [-0.2, -0.15) is 0 Å². The zero-order valence-corrected chi connectivity index (χ0v) is 13.1. The van der Waals surface area contributed by atoms with Gasteiger partial charge in [-0.15, -0.1) is 0 Å². The van der Waals surface area contributed by atoms with E-state index in [4.69, 9.17) is 10.9 Å². The lowest BCUT2D eigenvalue weighted by Crippen LogP contribution is -2.40. The Morgan fingerprint density at radius 3 is 2.76 bits per heavy atom. The molecule has 8 heteroatoms. The van der Waals surface area contributed by atoms with Gasteiger partial charge in [0.2, 0.25) is 10.0 Å². The lowest BCUT2D eigenvalue weighted by molar-refractivity contribution is 0.311. The van der Waals surface area contributed by atoms with Gasteiger partial charge in [0.25, 0.3) is 0 Å². The van der Waals surface area contributed by atoms with Crippen LogP contribution in [-0.4, -0.2) is 47.6 Å². The van der Waals surface area contributed by atoms with Crippen molar-refractivity contribution in [2.45, 2.75) is 20.3 Å². The molecule has 1 atom stereocenters. The molecule has 0 saturated heterocycles. The molecule has 7 nitrogen and oxygen atoms in total. The van der Waals surface area contributed by atoms with Crippen molar-refractivity contribution in [2.75, 3.05) is 18.8 Å². The first-order valence-electron chi connectivity index (χ1n) is 6.75. The fraction of sp³-hybridized carbons (Fsp3) is 0.538. The SMILES string of the molecule is CCN(CC(C)C(N)=NO)S(=O)(=O)CCc1ccccn1. The van der Waals surface area contributed by atoms with Gasteiger partial charge in [0.15, 0.2) is 0 Å². The van der Waals surface area contributed by atoms with E-state index in [-0.39, 0.29) is 24.1 Å². The van der Waals surface area contributed by atoms with Gasteiger partial charge in [-0.1, -0.05) is 25.1 Å². The van der Waals surface area contributed by atoms with Crippen LogP contribution >= 0.6 is 0 Å². The predicted octanol–water partition coefficient (Wildman–Crippen LogP) is 0.658. The first kappa shape index (κ1) is 17.4. The molecule has 0 aliphatic carbocycles. The summed E-state index contributed by atoms with van der Waals surface area (Å²) in [5.41, 5.74) is 6.23. The van der Waals surface area contributed by atoms with Crippen LogP contribution in [0.1, 0.15) is 19.5 Å². The summed E-state index contributed by atoms with van der Waals surface area (Å²) >= 11 is 0. The molecular formula is C13H22N4O3S. The lowest BCUT2D eigenvalue weighted by atomic mass is 10.1. The molecule has 118 valence electrons. The fourth-order valence-corrected chi connectivity index (χ4v) is 3.41. The van der Waals surface area contributed by atoms with Crippen LogP contribution in [0.2, 0.25) is 0 Å². The maximum atomic E-state index is 12.3. The summed E-state index contributed by atoms with van der Waals surface area (Å²) < 4.78 is 26.0. The minimum absolute atomic E-state index is 0.0131. The Morgan fingerprint density at radius 1 is 1.52 bits per heavy atom. The van der Waals surface area contributed by atoms with Crippen molar-refractivity contribution in [3.8, 4) is 0 Å². The molecule has 1 heterocycles. The molecule has 0 bridgehead atoms. The maximum Gasteiger partial charge on any atom is 0.214 e. The Balaban J connectivity index is 2.69. The van der Waals surface area contributed by atoms with Crippen LogP contribution in [0, 0.1) is 5.92 Å². The van der Waals surface area contributed by atoms with Crippen LogP contribution in [0.15, 0.2) is 29.6 Å². The summed E-state index contributed by atoms with van der Waals surface area (Å²) in [6.07, 6.45) is 2.00. The normalized spacial score (nSPS) is 14.3. The summed E-state index contributed by atoms with van der Waals surface area (Å²) in [6.45, 7) is 4.01. The number of nitrogens with zero attached hydrogens (tertiary/aromatic N) is 3. The van der Waals surface area contributed by atoms with Gasteiger partial charge in [0.1, 0.15) is 5.84 Å². The minimum atomic E-state index is -3.41. The number of oxime groups is 1. The molecule has 1 rings (SSSR count). The van der Waals surface area contributed by atoms with E-state index in [0.717, 1.165) is 5.69 Å². The van der Waals surface area contributed by atoms with Crippen molar-refractivity contribution in [3.05, 3.63) is 30.1 Å². The molecule has 0 amide bonds. The van der Waals surface area contributed by atoms with E-state index >= 15 is 0 Å². The van der Waals surface area contributed by atoms with Crippen LogP contribution in [-0.2, 0) is 16.4 Å². The van der Waals surface area contributed by atoms with E-state index in [9.17, 15) is 8.42 Å². The fourth-order valence-electron chi connectivity index (χ4n) is 1.85. The van der Waals surface area contributed by atoms with Gasteiger partial charge in [-0.05, 0) is 12.1 Å². The molecule has 1 aromatic rings. The number of hydrogen-bond donors (Lipinski definition) is 2. The van der Waals surface area contributed by atoms with E-state index in [1.807, 2.05) is 6.07 Å². The van der Waals surface area contributed by atoms with Crippen molar-refractivity contribution >= 4 is 15.9 Å². The Hall–Kier alpha value is -1.67. The van der Waals surface area contributed by atoms with Gasteiger partial charge in [-0.25, -0.2) is 12.7 Å². The highest BCUT2D eigenvalue weighted by Crippen LogP contribution is 2.09. The molecule has 0 aliphatic rings. The average Bonchev–Trinajstić information content (AvgIpc) is 2.50. The summed E-state index contributed by atoms with van der Waals surface area (Å²) in [7, 11) is -3.41. The second kappa shape index (κ2) is 7.94. The standard InChI is InChI=1S/C13H22N4O3S/c1-3-17(10-11(2)13(14)16-18)21(19,20)9-7-12-6-4-5-8-15-12/h4-6,8,11,18H,3,7,9-10H2,1-2H3,(H2,14,16). The monoisotopic (exact) mass is 314 g/mol. The number of hydrogen-bond acceptors (Lipinski definition) is 5.